The van der Waals surface area contributed by atoms with Crippen LogP contribution in [0.4, 0.5) is 0 Å². The van der Waals surface area contributed by atoms with Crippen molar-refractivity contribution in [2.24, 2.45) is 5.73 Å². The van der Waals surface area contributed by atoms with Gasteiger partial charge in [0.1, 0.15) is 0 Å². The van der Waals surface area contributed by atoms with Crippen LogP contribution in [0.3, 0.4) is 0 Å². The fraction of sp³-hybridized carbons (Fsp3) is 0.800. The molecule has 1 saturated heterocycles. The number of nitrogens with two attached hydrogens (primary N) is 1. The minimum absolute atomic E-state index is 0.247. The van der Waals surface area contributed by atoms with Gasteiger partial charge in [0.2, 0.25) is 5.89 Å². The van der Waals surface area contributed by atoms with E-state index < -0.39 is 5.54 Å². The van der Waals surface area contributed by atoms with Crippen molar-refractivity contribution in [3.63, 3.8) is 0 Å². The first-order valence-electron chi connectivity index (χ1n) is 5.29. The Hall–Kier alpha value is -0.940. The van der Waals surface area contributed by atoms with Crippen LogP contribution in [0.25, 0.3) is 0 Å². The third-order valence-electron chi connectivity index (χ3n) is 2.45. The van der Waals surface area contributed by atoms with E-state index >= 15 is 0 Å². The van der Waals surface area contributed by atoms with Crippen LogP contribution < -0.4 is 5.73 Å². The van der Waals surface area contributed by atoms with Crippen molar-refractivity contribution >= 4 is 0 Å². The van der Waals surface area contributed by atoms with Crippen LogP contribution in [0.5, 0.6) is 0 Å². The summed E-state index contributed by atoms with van der Waals surface area (Å²) in [6, 6.07) is 0. The van der Waals surface area contributed by atoms with Gasteiger partial charge in [-0.25, -0.2) is 0 Å². The summed E-state index contributed by atoms with van der Waals surface area (Å²) in [4.78, 5) is 4.26. The van der Waals surface area contributed by atoms with Gasteiger partial charge in [-0.2, -0.15) is 4.98 Å². The van der Waals surface area contributed by atoms with E-state index in [1.54, 1.807) is 0 Å². The molecule has 2 heterocycles. The quantitative estimate of drug-likeness (QED) is 0.806. The topological polar surface area (TPSA) is 74.2 Å². The monoisotopic (exact) mass is 211 g/mol. The molecule has 2 N–H and O–H groups in total. The van der Waals surface area contributed by atoms with Gasteiger partial charge in [-0.05, 0) is 26.7 Å². The first-order chi connectivity index (χ1) is 7.05. The summed E-state index contributed by atoms with van der Waals surface area (Å²) in [6.07, 6.45) is 3.17. The number of aromatic nitrogens is 2. The number of rotatable bonds is 3. The van der Waals surface area contributed by atoms with E-state index in [1.165, 1.54) is 0 Å². The maximum Gasteiger partial charge on any atom is 0.246 e. The van der Waals surface area contributed by atoms with Crippen LogP contribution >= 0.6 is 0 Å². The van der Waals surface area contributed by atoms with Gasteiger partial charge in [-0.3, -0.25) is 0 Å². The minimum Gasteiger partial charge on any atom is -0.378 e. The lowest BCUT2D eigenvalue weighted by atomic mass is 10.1. The van der Waals surface area contributed by atoms with Gasteiger partial charge in [0.15, 0.2) is 5.82 Å². The number of ether oxygens (including phenoxy) is 1. The molecule has 84 valence electrons. The van der Waals surface area contributed by atoms with E-state index in [-0.39, 0.29) is 6.10 Å². The molecule has 5 heteroatoms. The Bertz CT molecular complexity index is 324. The predicted molar refractivity (Wildman–Crippen MR) is 54.2 cm³/mol. The molecule has 0 saturated carbocycles. The molecule has 5 nitrogen and oxygen atoms in total. The lowest BCUT2D eigenvalue weighted by Gasteiger charge is -2.10. The Morgan fingerprint density at radius 2 is 2.33 bits per heavy atom. The van der Waals surface area contributed by atoms with Crippen LogP contribution in [0, 0.1) is 0 Å². The summed E-state index contributed by atoms with van der Waals surface area (Å²) >= 11 is 0. The summed E-state index contributed by atoms with van der Waals surface area (Å²) < 4.78 is 10.6. The lowest BCUT2D eigenvalue weighted by Crippen LogP contribution is -2.29. The second kappa shape index (κ2) is 3.90. The number of hydrogen-bond donors (Lipinski definition) is 1. The van der Waals surface area contributed by atoms with Crippen LogP contribution in [0.1, 0.15) is 38.4 Å². The molecular weight excluding hydrogens is 194 g/mol. The Balaban J connectivity index is 2.00. The van der Waals surface area contributed by atoms with Crippen molar-refractivity contribution in [2.45, 2.75) is 44.8 Å². The maximum absolute atomic E-state index is 5.85. The zero-order valence-corrected chi connectivity index (χ0v) is 9.19. The third kappa shape index (κ3) is 2.54. The largest absolute Gasteiger partial charge is 0.378 e. The van der Waals surface area contributed by atoms with Crippen molar-refractivity contribution in [3.8, 4) is 0 Å². The SMILES string of the molecule is CC(C)(N)c1nc(CC2CCCO2)no1. The predicted octanol–water partition coefficient (Wildman–Crippen LogP) is 0.985. The fourth-order valence-corrected chi connectivity index (χ4v) is 1.61. The van der Waals surface area contributed by atoms with E-state index in [1.807, 2.05) is 13.8 Å². The molecule has 0 radical (unpaired) electrons. The van der Waals surface area contributed by atoms with Gasteiger partial charge in [-0.1, -0.05) is 5.16 Å². The molecule has 1 unspecified atom stereocenters. The van der Waals surface area contributed by atoms with Gasteiger partial charge in [0.25, 0.3) is 0 Å². The van der Waals surface area contributed by atoms with E-state index in [2.05, 4.69) is 10.1 Å². The van der Waals surface area contributed by atoms with E-state index in [9.17, 15) is 0 Å². The number of hydrogen-bond acceptors (Lipinski definition) is 5. The Kier molecular flexibility index (Phi) is 2.75. The van der Waals surface area contributed by atoms with Crippen molar-refractivity contribution in [3.05, 3.63) is 11.7 Å². The highest BCUT2D eigenvalue weighted by Crippen LogP contribution is 2.18. The van der Waals surface area contributed by atoms with E-state index in [0.29, 0.717) is 11.7 Å². The van der Waals surface area contributed by atoms with Crippen molar-refractivity contribution in [1.29, 1.82) is 0 Å². The number of nitrogens with zero attached hydrogens (tertiary/aromatic N) is 2. The molecule has 1 aliphatic rings. The average Bonchev–Trinajstić information content (AvgIpc) is 2.73. The zero-order chi connectivity index (χ0) is 10.9. The van der Waals surface area contributed by atoms with E-state index in [4.69, 9.17) is 15.0 Å². The minimum atomic E-state index is -0.568. The standard InChI is InChI=1S/C10H17N3O2/c1-10(2,11)9-12-8(13-15-9)6-7-4-3-5-14-7/h7H,3-6,11H2,1-2H3. The first-order valence-corrected chi connectivity index (χ1v) is 5.29. The smallest absolute Gasteiger partial charge is 0.246 e. The molecule has 1 aliphatic heterocycles. The van der Waals surface area contributed by atoms with Gasteiger partial charge in [0, 0.05) is 13.0 Å². The summed E-state index contributed by atoms with van der Waals surface area (Å²) in [5.74, 6) is 1.17. The molecule has 0 bridgehead atoms. The summed E-state index contributed by atoms with van der Waals surface area (Å²) in [6.45, 7) is 4.53. The van der Waals surface area contributed by atoms with Crippen molar-refractivity contribution in [1.82, 2.24) is 10.1 Å². The van der Waals surface area contributed by atoms with Gasteiger partial charge in [-0.15, -0.1) is 0 Å². The Labute approximate surface area is 89.0 Å². The molecule has 0 spiro atoms. The molecule has 0 amide bonds. The average molecular weight is 211 g/mol. The van der Waals surface area contributed by atoms with Crippen LogP contribution in [0.15, 0.2) is 4.52 Å². The highest BCUT2D eigenvalue weighted by molar-refractivity contribution is 4.98. The van der Waals surface area contributed by atoms with Gasteiger partial charge in [0.05, 0.1) is 11.6 Å². The summed E-state index contributed by atoms with van der Waals surface area (Å²) in [5, 5.41) is 3.90. The molecular formula is C10H17N3O2. The normalized spacial score (nSPS) is 22.2. The fourth-order valence-electron chi connectivity index (χ4n) is 1.61. The van der Waals surface area contributed by atoms with E-state index in [0.717, 1.165) is 25.9 Å². The Morgan fingerprint density at radius 1 is 1.53 bits per heavy atom. The maximum atomic E-state index is 5.85. The van der Waals surface area contributed by atoms with Gasteiger partial charge < -0.3 is 15.0 Å². The molecule has 2 rings (SSSR count). The van der Waals surface area contributed by atoms with Gasteiger partial charge >= 0.3 is 0 Å². The molecule has 1 fully saturated rings. The molecule has 1 aromatic heterocycles. The second-order valence-electron chi connectivity index (χ2n) is 4.58. The second-order valence-corrected chi connectivity index (χ2v) is 4.58. The zero-order valence-electron chi connectivity index (χ0n) is 9.19. The highest BCUT2D eigenvalue weighted by atomic mass is 16.5. The lowest BCUT2D eigenvalue weighted by molar-refractivity contribution is 0.109. The van der Waals surface area contributed by atoms with Crippen LogP contribution in [-0.4, -0.2) is 22.9 Å². The molecule has 1 aromatic rings. The van der Waals surface area contributed by atoms with Crippen LogP contribution in [0.2, 0.25) is 0 Å². The van der Waals surface area contributed by atoms with Crippen molar-refractivity contribution in [2.75, 3.05) is 6.61 Å². The first kappa shape index (κ1) is 10.6. The molecule has 1 atom stereocenters. The molecule has 0 aliphatic carbocycles. The third-order valence-corrected chi connectivity index (χ3v) is 2.45. The highest BCUT2D eigenvalue weighted by Gasteiger charge is 2.24. The Morgan fingerprint density at radius 3 is 2.87 bits per heavy atom. The molecule has 0 aromatic carbocycles. The summed E-state index contributed by atoms with van der Waals surface area (Å²) in [5.41, 5.74) is 5.28. The molecule has 15 heavy (non-hydrogen) atoms. The van der Waals surface area contributed by atoms with Crippen molar-refractivity contribution < 1.29 is 9.26 Å². The van der Waals surface area contributed by atoms with Crippen LogP contribution in [-0.2, 0) is 16.7 Å². The summed E-state index contributed by atoms with van der Waals surface area (Å²) in [7, 11) is 0.